The molecule has 0 aromatic heterocycles. The van der Waals surface area contributed by atoms with E-state index in [1.54, 1.807) is 0 Å². The van der Waals surface area contributed by atoms with Crippen molar-refractivity contribution < 1.29 is 4.74 Å². The summed E-state index contributed by atoms with van der Waals surface area (Å²) in [5, 5.41) is 3.52. The number of rotatable bonds is 9. The number of benzene rings is 1. The quantitative estimate of drug-likeness (QED) is 0.706. The topological polar surface area (TPSA) is 24.5 Å². The van der Waals surface area contributed by atoms with Crippen LogP contribution in [0.5, 0.6) is 0 Å². The maximum atomic E-state index is 5.79. The summed E-state index contributed by atoms with van der Waals surface area (Å²) in [4.78, 5) is 2.38. The van der Waals surface area contributed by atoms with Crippen LogP contribution in [0.15, 0.2) is 24.3 Å². The average Bonchev–Trinajstić information content (AvgIpc) is 2.45. The lowest BCUT2D eigenvalue weighted by Gasteiger charge is -2.20. The van der Waals surface area contributed by atoms with Gasteiger partial charge in [0.2, 0.25) is 0 Å². The lowest BCUT2D eigenvalue weighted by molar-refractivity contribution is 0.0956. The molecule has 0 heterocycles. The maximum absolute atomic E-state index is 5.79. The predicted molar refractivity (Wildman–Crippen MR) is 90.5 cm³/mol. The molecule has 0 saturated heterocycles. The zero-order chi connectivity index (χ0) is 15.7. The molecule has 0 bridgehead atoms. The molecule has 1 aromatic carbocycles. The van der Waals surface area contributed by atoms with E-state index in [4.69, 9.17) is 4.74 Å². The zero-order valence-electron chi connectivity index (χ0n) is 14.4. The molecule has 0 amide bonds. The highest BCUT2D eigenvalue weighted by molar-refractivity contribution is 5.23. The summed E-state index contributed by atoms with van der Waals surface area (Å²) in [6.07, 6.45) is 0. The second kappa shape index (κ2) is 9.19. The van der Waals surface area contributed by atoms with E-state index in [-0.39, 0.29) is 5.54 Å². The number of nitrogens with zero attached hydrogens (tertiary/aromatic N) is 1. The Labute approximate surface area is 130 Å². The third kappa shape index (κ3) is 8.20. The number of hydrogen-bond donors (Lipinski definition) is 1. The van der Waals surface area contributed by atoms with E-state index in [1.807, 2.05) is 0 Å². The van der Waals surface area contributed by atoms with Crippen molar-refractivity contribution in [3.8, 4) is 0 Å². The van der Waals surface area contributed by atoms with E-state index in [1.165, 1.54) is 11.1 Å². The fraction of sp³-hybridized carbons (Fsp3) is 0.667. The van der Waals surface area contributed by atoms with Gasteiger partial charge >= 0.3 is 0 Å². The molecule has 0 saturated carbocycles. The largest absolute Gasteiger partial charge is 0.375 e. The Morgan fingerprint density at radius 2 is 1.76 bits per heavy atom. The highest BCUT2D eigenvalue weighted by atomic mass is 16.5. The average molecular weight is 292 g/mol. The van der Waals surface area contributed by atoms with Crippen LogP contribution in [0.1, 0.15) is 45.7 Å². The van der Waals surface area contributed by atoms with Gasteiger partial charge in [0.1, 0.15) is 0 Å². The van der Waals surface area contributed by atoms with Gasteiger partial charge < -0.3 is 15.0 Å². The standard InChI is InChI=1S/C18H32N2O/c1-6-20(7-2)11-12-21-15-17-10-8-9-16(13-17)14-19-18(3,4)5/h8-10,13,19H,6-7,11-12,14-15H2,1-5H3. The van der Waals surface area contributed by atoms with Crippen LogP contribution in [0.3, 0.4) is 0 Å². The molecule has 3 heteroatoms. The van der Waals surface area contributed by atoms with Gasteiger partial charge in [0.25, 0.3) is 0 Å². The van der Waals surface area contributed by atoms with Gasteiger partial charge in [0.05, 0.1) is 13.2 Å². The molecule has 0 fully saturated rings. The molecular weight excluding hydrogens is 260 g/mol. The molecule has 0 aliphatic carbocycles. The van der Waals surface area contributed by atoms with E-state index in [0.29, 0.717) is 6.61 Å². The molecular formula is C18H32N2O. The minimum atomic E-state index is 0.149. The molecule has 0 aliphatic rings. The Morgan fingerprint density at radius 1 is 1.10 bits per heavy atom. The minimum absolute atomic E-state index is 0.149. The fourth-order valence-corrected chi connectivity index (χ4v) is 2.12. The second-order valence-corrected chi connectivity index (χ2v) is 6.50. The van der Waals surface area contributed by atoms with Crippen molar-refractivity contribution in [2.24, 2.45) is 0 Å². The van der Waals surface area contributed by atoms with Gasteiger partial charge in [0, 0.05) is 18.6 Å². The summed E-state index contributed by atoms with van der Waals surface area (Å²) in [6.45, 7) is 16.5. The summed E-state index contributed by atoms with van der Waals surface area (Å²) in [5.74, 6) is 0. The lowest BCUT2D eigenvalue weighted by Crippen LogP contribution is -2.35. The van der Waals surface area contributed by atoms with E-state index in [0.717, 1.165) is 32.8 Å². The molecule has 1 rings (SSSR count). The van der Waals surface area contributed by atoms with Crippen molar-refractivity contribution in [3.05, 3.63) is 35.4 Å². The van der Waals surface area contributed by atoms with Gasteiger partial charge in [-0.25, -0.2) is 0 Å². The molecule has 21 heavy (non-hydrogen) atoms. The summed E-state index contributed by atoms with van der Waals surface area (Å²) >= 11 is 0. The zero-order valence-corrected chi connectivity index (χ0v) is 14.4. The van der Waals surface area contributed by atoms with Crippen LogP contribution in [0, 0.1) is 0 Å². The van der Waals surface area contributed by atoms with Crippen LogP contribution in [-0.2, 0) is 17.9 Å². The molecule has 1 aromatic rings. The minimum Gasteiger partial charge on any atom is -0.375 e. The van der Waals surface area contributed by atoms with Crippen molar-refractivity contribution in [2.75, 3.05) is 26.2 Å². The van der Waals surface area contributed by atoms with Crippen molar-refractivity contribution in [2.45, 2.75) is 53.3 Å². The molecule has 0 radical (unpaired) electrons. The normalized spacial score (nSPS) is 12.1. The molecule has 0 aliphatic heterocycles. The smallest absolute Gasteiger partial charge is 0.0717 e. The monoisotopic (exact) mass is 292 g/mol. The molecule has 0 atom stereocenters. The van der Waals surface area contributed by atoms with Gasteiger partial charge in [-0.05, 0) is 45.0 Å². The van der Waals surface area contributed by atoms with E-state index in [9.17, 15) is 0 Å². The fourth-order valence-electron chi connectivity index (χ4n) is 2.12. The van der Waals surface area contributed by atoms with Crippen LogP contribution in [0.25, 0.3) is 0 Å². The Hall–Kier alpha value is -0.900. The summed E-state index contributed by atoms with van der Waals surface area (Å²) < 4.78 is 5.79. The summed E-state index contributed by atoms with van der Waals surface area (Å²) in [7, 11) is 0. The number of nitrogens with one attached hydrogen (secondary N) is 1. The van der Waals surface area contributed by atoms with E-state index in [2.05, 4.69) is 69.1 Å². The Balaban J connectivity index is 2.35. The highest BCUT2D eigenvalue weighted by Crippen LogP contribution is 2.09. The number of ether oxygens (including phenoxy) is 1. The Morgan fingerprint density at radius 3 is 2.38 bits per heavy atom. The third-order valence-electron chi connectivity index (χ3n) is 3.53. The highest BCUT2D eigenvalue weighted by Gasteiger charge is 2.08. The van der Waals surface area contributed by atoms with Crippen molar-refractivity contribution in [3.63, 3.8) is 0 Å². The van der Waals surface area contributed by atoms with Crippen LogP contribution in [-0.4, -0.2) is 36.7 Å². The van der Waals surface area contributed by atoms with Gasteiger partial charge in [-0.2, -0.15) is 0 Å². The van der Waals surface area contributed by atoms with Crippen LogP contribution in [0.2, 0.25) is 0 Å². The van der Waals surface area contributed by atoms with Crippen LogP contribution in [0.4, 0.5) is 0 Å². The predicted octanol–water partition coefficient (Wildman–Crippen LogP) is 3.43. The SMILES string of the molecule is CCN(CC)CCOCc1cccc(CNC(C)(C)C)c1. The summed E-state index contributed by atoms with van der Waals surface area (Å²) in [6, 6.07) is 8.65. The molecule has 120 valence electrons. The second-order valence-electron chi connectivity index (χ2n) is 6.50. The third-order valence-corrected chi connectivity index (χ3v) is 3.53. The maximum Gasteiger partial charge on any atom is 0.0717 e. The van der Waals surface area contributed by atoms with Gasteiger partial charge in [0.15, 0.2) is 0 Å². The van der Waals surface area contributed by atoms with Crippen LogP contribution < -0.4 is 5.32 Å². The first-order valence-corrected chi connectivity index (χ1v) is 8.07. The van der Waals surface area contributed by atoms with Crippen molar-refractivity contribution in [1.82, 2.24) is 10.2 Å². The Bertz CT molecular complexity index is 394. The Kier molecular flexibility index (Phi) is 7.94. The van der Waals surface area contributed by atoms with Gasteiger partial charge in [-0.15, -0.1) is 0 Å². The molecule has 1 N–H and O–H groups in total. The molecule has 3 nitrogen and oxygen atoms in total. The number of hydrogen-bond acceptors (Lipinski definition) is 3. The van der Waals surface area contributed by atoms with Crippen molar-refractivity contribution >= 4 is 0 Å². The first-order chi connectivity index (χ1) is 9.94. The summed E-state index contributed by atoms with van der Waals surface area (Å²) in [5.41, 5.74) is 2.72. The van der Waals surface area contributed by atoms with Gasteiger partial charge in [-0.1, -0.05) is 38.1 Å². The number of likely N-dealkylation sites (N-methyl/N-ethyl adjacent to an activating group) is 1. The van der Waals surface area contributed by atoms with Crippen molar-refractivity contribution in [1.29, 1.82) is 0 Å². The molecule has 0 spiro atoms. The van der Waals surface area contributed by atoms with Crippen LogP contribution >= 0.6 is 0 Å². The lowest BCUT2D eigenvalue weighted by atomic mass is 10.1. The van der Waals surface area contributed by atoms with Gasteiger partial charge in [-0.3, -0.25) is 0 Å². The first-order valence-electron chi connectivity index (χ1n) is 8.07. The van der Waals surface area contributed by atoms with E-state index < -0.39 is 0 Å². The first kappa shape index (κ1) is 18.1. The molecule has 0 unspecified atom stereocenters. The van der Waals surface area contributed by atoms with E-state index >= 15 is 0 Å².